The van der Waals surface area contributed by atoms with Crippen LogP contribution in [0.5, 0.6) is 0 Å². The van der Waals surface area contributed by atoms with Gasteiger partial charge < -0.3 is 10.5 Å². The lowest BCUT2D eigenvalue weighted by molar-refractivity contribution is 0.0594. The second-order valence-corrected chi connectivity index (χ2v) is 5.04. The fraction of sp³-hybridized carbons (Fsp3) is 0.0769. The normalized spacial score (nSPS) is 10.4. The van der Waals surface area contributed by atoms with Crippen molar-refractivity contribution in [2.45, 2.75) is 0 Å². The summed E-state index contributed by atoms with van der Waals surface area (Å²) in [6, 6.07) is 6.13. The van der Waals surface area contributed by atoms with Crippen LogP contribution in [0.1, 0.15) is 10.5 Å². The van der Waals surface area contributed by atoms with Crippen molar-refractivity contribution in [2.75, 3.05) is 12.8 Å². The first kappa shape index (κ1) is 14.9. The molecule has 2 N–H and O–H groups in total. The Labute approximate surface area is 130 Å². The molecular formula is C13H9Cl3N2O2. The van der Waals surface area contributed by atoms with E-state index >= 15 is 0 Å². The molecule has 0 bridgehead atoms. The van der Waals surface area contributed by atoms with Crippen molar-refractivity contribution in [1.29, 1.82) is 0 Å². The van der Waals surface area contributed by atoms with Gasteiger partial charge in [-0.15, -0.1) is 0 Å². The first-order chi connectivity index (χ1) is 9.45. The number of anilines is 1. The minimum Gasteiger partial charge on any atom is -0.464 e. The van der Waals surface area contributed by atoms with Crippen LogP contribution in [-0.4, -0.2) is 18.1 Å². The number of benzene rings is 1. The Hall–Kier alpha value is -1.49. The first-order valence-electron chi connectivity index (χ1n) is 5.44. The van der Waals surface area contributed by atoms with E-state index in [0.717, 1.165) is 0 Å². The molecule has 7 heteroatoms. The second kappa shape index (κ2) is 5.87. The fourth-order valence-corrected chi connectivity index (χ4v) is 2.34. The lowest BCUT2D eigenvalue weighted by Crippen LogP contribution is -2.06. The van der Waals surface area contributed by atoms with Crippen LogP contribution >= 0.6 is 34.8 Å². The average Bonchev–Trinajstić information content (AvgIpc) is 2.44. The summed E-state index contributed by atoms with van der Waals surface area (Å²) < 4.78 is 4.62. The highest BCUT2D eigenvalue weighted by molar-refractivity contribution is 6.46. The Morgan fingerprint density at radius 2 is 1.80 bits per heavy atom. The van der Waals surface area contributed by atoms with Crippen LogP contribution in [0.15, 0.2) is 24.3 Å². The van der Waals surface area contributed by atoms with Gasteiger partial charge in [-0.25, -0.2) is 9.78 Å². The molecule has 0 saturated heterocycles. The predicted octanol–water partition coefficient (Wildman–Crippen LogP) is 4.08. The number of carbonyl (C=O) groups excluding carboxylic acids is 1. The SMILES string of the molecule is COC(=O)c1ccc(N)c(-c2c(Cl)ccc(Cl)c2Cl)n1. The largest absolute Gasteiger partial charge is 0.464 e. The van der Waals surface area contributed by atoms with Crippen LogP contribution in [0.25, 0.3) is 11.3 Å². The molecule has 1 aromatic carbocycles. The van der Waals surface area contributed by atoms with Crippen LogP contribution in [0.3, 0.4) is 0 Å². The predicted molar refractivity (Wildman–Crippen MR) is 80.5 cm³/mol. The number of ether oxygens (including phenoxy) is 1. The third-order valence-corrected chi connectivity index (χ3v) is 3.72. The maximum atomic E-state index is 11.5. The number of nitrogens with two attached hydrogens (primary N) is 1. The number of pyridine rings is 1. The van der Waals surface area contributed by atoms with Crippen molar-refractivity contribution < 1.29 is 9.53 Å². The lowest BCUT2D eigenvalue weighted by Gasteiger charge is -2.11. The van der Waals surface area contributed by atoms with Gasteiger partial charge in [0.2, 0.25) is 0 Å². The minimum atomic E-state index is -0.583. The molecule has 0 aliphatic carbocycles. The Morgan fingerprint density at radius 3 is 2.45 bits per heavy atom. The van der Waals surface area contributed by atoms with Gasteiger partial charge in [0.05, 0.1) is 33.6 Å². The molecule has 20 heavy (non-hydrogen) atoms. The summed E-state index contributed by atoms with van der Waals surface area (Å²) in [7, 11) is 1.26. The van der Waals surface area contributed by atoms with Crippen LogP contribution in [-0.2, 0) is 4.74 Å². The first-order valence-corrected chi connectivity index (χ1v) is 6.57. The molecule has 104 valence electrons. The number of halogens is 3. The fourth-order valence-electron chi connectivity index (χ4n) is 1.63. The van der Waals surface area contributed by atoms with Crippen molar-refractivity contribution in [2.24, 2.45) is 0 Å². The molecule has 0 aliphatic heterocycles. The maximum Gasteiger partial charge on any atom is 0.356 e. The van der Waals surface area contributed by atoms with E-state index in [2.05, 4.69) is 9.72 Å². The summed E-state index contributed by atoms with van der Waals surface area (Å²) >= 11 is 18.2. The summed E-state index contributed by atoms with van der Waals surface area (Å²) in [6.07, 6.45) is 0. The molecule has 0 spiro atoms. The monoisotopic (exact) mass is 330 g/mol. The Balaban J connectivity index is 2.70. The standard InChI is InChI=1S/C13H9Cl3N2O2/c1-20-13(19)9-5-4-8(17)12(18-9)10-6(14)2-3-7(15)11(10)16/h2-5H,17H2,1H3. The number of nitrogens with zero attached hydrogens (tertiary/aromatic N) is 1. The molecule has 0 radical (unpaired) electrons. The van der Waals surface area contributed by atoms with E-state index < -0.39 is 5.97 Å². The Morgan fingerprint density at radius 1 is 1.15 bits per heavy atom. The Kier molecular flexibility index (Phi) is 4.38. The van der Waals surface area contributed by atoms with Gasteiger partial charge in [0, 0.05) is 5.56 Å². The van der Waals surface area contributed by atoms with Gasteiger partial charge in [-0.1, -0.05) is 34.8 Å². The van der Waals surface area contributed by atoms with Crippen molar-refractivity contribution in [3.05, 3.63) is 45.0 Å². The zero-order chi connectivity index (χ0) is 14.9. The number of methoxy groups -OCH3 is 1. The number of nitrogen functional groups attached to an aromatic ring is 1. The summed E-state index contributed by atoms with van der Waals surface area (Å²) in [5.74, 6) is -0.583. The third kappa shape index (κ3) is 2.68. The zero-order valence-electron chi connectivity index (χ0n) is 10.3. The van der Waals surface area contributed by atoms with Crippen molar-refractivity contribution in [3.8, 4) is 11.3 Å². The summed E-state index contributed by atoms with van der Waals surface area (Å²) in [5.41, 5.74) is 6.96. The van der Waals surface area contributed by atoms with Crippen LogP contribution < -0.4 is 5.73 Å². The molecule has 1 heterocycles. The molecule has 0 fully saturated rings. The van der Waals surface area contributed by atoms with E-state index in [1.54, 1.807) is 12.1 Å². The molecule has 4 nitrogen and oxygen atoms in total. The quantitative estimate of drug-likeness (QED) is 0.665. The van der Waals surface area contributed by atoms with Gasteiger partial charge in [-0.3, -0.25) is 0 Å². The molecule has 2 aromatic rings. The molecule has 1 aromatic heterocycles. The van der Waals surface area contributed by atoms with Crippen LogP contribution in [0.4, 0.5) is 5.69 Å². The smallest absolute Gasteiger partial charge is 0.356 e. The highest BCUT2D eigenvalue weighted by Crippen LogP contribution is 2.40. The van der Waals surface area contributed by atoms with Crippen LogP contribution in [0, 0.1) is 0 Å². The molecule has 0 amide bonds. The van der Waals surface area contributed by atoms with Gasteiger partial charge in [0.15, 0.2) is 0 Å². The molecule has 0 aliphatic rings. The molecular weight excluding hydrogens is 323 g/mol. The van der Waals surface area contributed by atoms with E-state index in [0.29, 0.717) is 21.3 Å². The molecule has 0 unspecified atom stereocenters. The molecule has 0 atom stereocenters. The van der Waals surface area contributed by atoms with Crippen molar-refractivity contribution >= 4 is 46.5 Å². The van der Waals surface area contributed by atoms with E-state index in [9.17, 15) is 4.79 Å². The summed E-state index contributed by atoms with van der Waals surface area (Å²) in [6.45, 7) is 0. The van der Waals surface area contributed by atoms with E-state index in [1.807, 2.05) is 0 Å². The zero-order valence-corrected chi connectivity index (χ0v) is 12.6. The number of rotatable bonds is 2. The number of esters is 1. The average molecular weight is 332 g/mol. The number of hydrogen-bond acceptors (Lipinski definition) is 4. The molecule has 2 rings (SSSR count). The minimum absolute atomic E-state index is 0.101. The number of aromatic nitrogens is 1. The Bertz CT molecular complexity index is 690. The van der Waals surface area contributed by atoms with E-state index in [-0.39, 0.29) is 16.4 Å². The van der Waals surface area contributed by atoms with E-state index in [4.69, 9.17) is 40.5 Å². The van der Waals surface area contributed by atoms with Gasteiger partial charge in [0.25, 0.3) is 0 Å². The second-order valence-electron chi connectivity index (χ2n) is 3.84. The topological polar surface area (TPSA) is 65.2 Å². The summed E-state index contributed by atoms with van der Waals surface area (Å²) in [4.78, 5) is 15.7. The number of carbonyl (C=O) groups is 1. The highest BCUT2D eigenvalue weighted by atomic mass is 35.5. The molecule has 0 saturated carbocycles. The van der Waals surface area contributed by atoms with Gasteiger partial charge in [-0.05, 0) is 24.3 Å². The van der Waals surface area contributed by atoms with Gasteiger partial charge >= 0.3 is 5.97 Å². The highest BCUT2D eigenvalue weighted by Gasteiger charge is 2.18. The van der Waals surface area contributed by atoms with Crippen LogP contribution in [0.2, 0.25) is 15.1 Å². The van der Waals surface area contributed by atoms with Crippen molar-refractivity contribution in [3.63, 3.8) is 0 Å². The number of hydrogen-bond donors (Lipinski definition) is 1. The summed E-state index contributed by atoms with van der Waals surface area (Å²) in [5, 5.41) is 0.872. The lowest BCUT2D eigenvalue weighted by atomic mass is 10.1. The maximum absolute atomic E-state index is 11.5. The van der Waals surface area contributed by atoms with Gasteiger partial charge in [-0.2, -0.15) is 0 Å². The van der Waals surface area contributed by atoms with Gasteiger partial charge in [0.1, 0.15) is 5.69 Å². The van der Waals surface area contributed by atoms with E-state index in [1.165, 1.54) is 19.2 Å². The van der Waals surface area contributed by atoms with Crippen molar-refractivity contribution in [1.82, 2.24) is 4.98 Å². The third-order valence-electron chi connectivity index (χ3n) is 2.60.